The van der Waals surface area contributed by atoms with Crippen LogP contribution in [-0.2, 0) is 17.6 Å². The lowest BCUT2D eigenvalue weighted by atomic mass is 10.0. The third kappa shape index (κ3) is 2.85. The van der Waals surface area contributed by atoms with Crippen molar-refractivity contribution in [3.8, 4) is 5.75 Å². The minimum absolute atomic E-state index is 0.298. The van der Waals surface area contributed by atoms with Crippen molar-refractivity contribution in [3.63, 3.8) is 0 Å². The van der Waals surface area contributed by atoms with E-state index in [0.717, 1.165) is 37.3 Å². The molecular formula is C19H26N2O2. The first kappa shape index (κ1) is 15.0. The van der Waals surface area contributed by atoms with E-state index in [1.54, 1.807) is 0 Å². The average molecular weight is 314 g/mol. The molecule has 3 aliphatic rings. The molecule has 2 saturated heterocycles. The summed E-state index contributed by atoms with van der Waals surface area (Å²) in [5, 5.41) is 0. The van der Waals surface area contributed by atoms with Gasteiger partial charge in [0.15, 0.2) is 0 Å². The summed E-state index contributed by atoms with van der Waals surface area (Å²) in [5.74, 6) is 1.29. The molecule has 3 heterocycles. The van der Waals surface area contributed by atoms with E-state index in [-0.39, 0.29) is 0 Å². The second-order valence-electron chi connectivity index (χ2n) is 7.20. The molecule has 2 fully saturated rings. The zero-order valence-electron chi connectivity index (χ0n) is 14.0. The second-order valence-corrected chi connectivity index (χ2v) is 7.20. The van der Waals surface area contributed by atoms with E-state index in [0.29, 0.717) is 24.4 Å². The first-order valence-corrected chi connectivity index (χ1v) is 8.97. The van der Waals surface area contributed by atoms with Crippen molar-refractivity contribution >= 4 is 5.91 Å². The molecule has 0 unspecified atom stereocenters. The van der Waals surface area contributed by atoms with Crippen LogP contribution in [0, 0.1) is 0 Å². The SMILES string of the molecule is CN1CCC[C@@H]1[C@H]1CCCN1C(=O)Cc1ccc2c(c1)CCO2. The zero-order valence-corrected chi connectivity index (χ0v) is 14.0. The molecule has 3 aliphatic heterocycles. The number of hydrogen-bond acceptors (Lipinski definition) is 3. The number of nitrogens with zero attached hydrogens (tertiary/aromatic N) is 2. The van der Waals surface area contributed by atoms with Crippen molar-refractivity contribution < 1.29 is 9.53 Å². The standard InChI is InChI=1S/C19H26N2O2/c1-20-9-2-4-16(20)17-5-3-10-21(17)19(22)13-14-6-7-18-15(12-14)8-11-23-18/h6-7,12,16-17H,2-5,8-11,13H2,1H3/t16-,17-/m1/s1. The first-order chi connectivity index (χ1) is 11.2. The van der Waals surface area contributed by atoms with E-state index >= 15 is 0 Å². The molecule has 0 aliphatic carbocycles. The lowest BCUT2D eigenvalue weighted by Gasteiger charge is -2.33. The zero-order chi connectivity index (χ0) is 15.8. The van der Waals surface area contributed by atoms with Gasteiger partial charge in [0.1, 0.15) is 5.75 Å². The molecule has 4 rings (SSSR count). The maximum atomic E-state index is 12.9. The number of benzene rings is 1. The Kier molecular flexibility index (Phi) is 4.02. The number of hydrogen-bond donors (Lipinski definition) is 0. The summed E-state index contributed by atoms with van der Waals surface area (Å²) in [6.45, 7) is 2.88. The number of amides is 1. The highest BCUT2D eigenvalue weighted by Crippen LogP contribution is 2.30. The van der Waals surface area contributed by atoms with Crippen LogP contribution < -0.4 is 4.74 Å². The van der Waals surface area contributed by atoms with Gasteiger partial charge < -0.3 is 14.5 Å². The lowest BCUT2D eigenvalue weighted by Crippen LogP contribution is -2.47. The van der Waals surface area contributed by atoms with Crippen LogP contribution in [0.4, 0.5) is 0 Å². The fourth-order valence-corrected chi connectivity index (χ4v) is 4.55. The van der Waals surface area contributed by atoms with Gasteiger partial charge in [-0.3, -0.25) is 4.79 Å². The molecule has 0 radical (unpaired) electrons. The number of carbonyl (C=O) groups is 1. The summed E-state index contributed by atoms with van der Waals surface area (Å²) >= 11 is 0. The van der Waals surface area contributed by atoms with Crippen LogP contribution in [0.5, 0.6) is 5.75 Å². The summed E-state index contributed by atoms with van der Waals surface area (Å²) in [6, 6.07) is 7.22. The quantitative estimate of drug-likeness (QED) is 0.858. The van der Waals surface area contributed by atoms with Crippen molar-refractivity contribution in [1.29, 1.82) is 0 Å². The predicted octanol–water partition coefficient (Wildman–Crippen LogP) is 2.25. The van der Waals surface area contributed by atoms with Gasteiger partial charge >= 0.3 is 0 Å². The average Bonchev–Trinajstić information content (AvgIpc) is 3.25. The first-order valence-electron chi connectivity index (χ1n) is 8.97. The van der Waals surface area contributed by atoms with Gasteiger partial charge in [-0.05, 0) is 56.5 Å². The van der Waals surface area contributed by atoms with Crippen molar-refractivity contribution in [2.45, 2.75) is 50.6 Å². The van der Waals surface area contributed by atoms with E-state index in [9.17, 15) is 4.79 Å². The Labute approximate surface area is 138 Å². The van der Waals surface area contributed by atoms with Crippen molar-refractivity contribution in [3.05, 3.63) is 29.3 Å². The molecule has 4 nitrogen and oxygen atoms in total. The Morgan fingerprint density at radius 2 is 2.04 bits per heavy atom. The Hall–Kier alpha value is -1.55. The Morgan fingerprint density at radius 3 is 2.87 bits per heavy atom. The van der Waals surface area contributed by atoms with Crippen LogP contribution >= 0.6 is 0 Å². The number of likely N-dealkylation sites (tertiary alicyclic amines) is 2. The topological polar surface area (TPSA) is 32.8 Å². The molecule has 4 heteroatoms. The van der Waals surface area contributed by atoms with Crippen molar-refractivity contribution in [1.82, 2.24) is 9.80 Å². The molecule has 0 spiro atoms. The number of fused-ring (bicyclic) bond motifs is 1. The molecular weight excluding hydrogens is 288 g/mol. The minimum Gasteiger partial charge on any atom is -0.493 e. The molecule has 0 bridgehead atoms. The van der Waals surface area contributed by atoms with Gasteiger partial charge in [0.25, 0.3) is 0 Å². The Bertz CT molecular complexity index is 601. The van der Waals surface area contributed by atoms with Crippen molar-refractivity contribution in [2.75, 3.05) is 26.7 Å². The summed E-state index contributed by atoms with van der Waals surface area (Å²) in [5.41, 5.74) is 2.38. The maximum Gasteiger partial charge on any atom is 0.227 e. The highest BCUT2D eigenvalue weighted by molar-refractivity contribution is 5.79. The number of rotatable bonds is 3. The highest BCUT2D eigenvalue weighted by Gasteiger charge is 2.38. The monoisotopic (exact) mass is 314 g/mol. The van der Waals surface area contributed by atoms with E-state index in [1.807, 2.05) is 6.07 Å². The third-order valence-corrected chi connectivity index (χ3v) is 5.75. The van der Waals surface area contributed by atoms with Crippen molar-refractivity contribution in [2.24, 2.45) is 0 Å². The molecule has 124 valence electrons. The van der Waals surface area contributed by atoms with Crippen LogP contribution in [-0.4, -0.2) is 54.5 Å². The van der Waals surface area contributed by atoms with Gasteiger partial charge in [0.2, 0.25) is 5.91 Å². The van der Waals surface area contributed by atoms with Crippen LogP contribution in [0.3, 0.4) is 0 Å². The smallest absolute Gasteiger partial charge is 0.227 e. The molecule has 0 saturated carbocycles. The summed E-state index contributed by atoms with van der Waals surface area (Å²) in [7, 11) is 2.21. The Morgan fingerprint density at radius 1 is 1.22 bits per heavy atom. The summed E-state index contributed by atoms with van der Waals surface area (Å²) in [6.07, 6.45) is 6.32. The molecule has 0 N–H and O–H groups in total. The van der Waals surface area contributed by atoms with Crippen LogP contribution in [0.15, 0.2) is 18.2 Å². The van der Waals surface area contributed by atoms with Crippen LogP contribution in [0.2, 0.25) is 0 Å². The van der Waals surface area contributed by atoms with E-state index in [2.05, 4.69) is 29.0 Å². The molecule has 1 aromatic rings. The predicted molar refractivity (Wildman–Crippen MR) is 89.7 cm³/mol. The van der Waals surface area contributed by atoms with E-state index < -0.39 is 0 Å². The molecule has 1 aromatic carbocycles. The lowest BCUT2D eigenvalue weighted by molar-refractivity contribution is -0.132. The second kappa shape index (κ2) is 6.16. The highest BCUT2D eigenvalue weighted by atomic mass is 16.5. The molecule has 23 heavy (non-hydrogen) atoms. The van der Waals surface area contributed by atoms with Gasteiger partial charge in [-0.1, -0.05) is 12.1 Å². The van der Waals surface area contributed by atoms with Crippen LogP contribution in [0.1, 0.15) is 36.8 Å². The van der Waals surface area contributed by atoms with Gasteiger partial charge in [0, 0.05) is 25.0 Å². The maximum absolute atomic E-state index is 12.9. The fraction of sp³-hybridized carbons (Fsp3) is 0.632. The van der Waals surface area contributed by atoms with Gasteiger partial charge in [-0.15, -0.1) is 0 Å². The van der Waals surface area contributed by atoms with Gasteiger partial charge in [-0.25, -0.2) is 0 Å². The number of ether oxygens (including phenoxy) is 1. The third-order valence-electron chi connectivity index (χ3n) is 5.75. The number of likely N-dealkylation sites (N-methyl/N-ethyl adjacent to an activating group) is 1. The molecule has 1 amide bonds. The largest absolute Gasteiger partial charge is 0.493 e. The fourth-order valence-electron chi connectivity index (χ4n) is 4.55. The molecule has 2 atom stereocenters. The summed E-state index contributed by atoms with van der Waals surface area (Å²) in [4.78, 5) is 17.5. The minimum atomic E-state index is 0.298. The Balaban J connectivity index is 1.45. The van der Waals surface area contributed by atoms with E-state index in [4.69, 9.17) is 4.74 Å². The normalized spacial score (nSPS) is 27.3. The van der Waals surface area contributed by atoms with E-state index in [1.165, 1.54) is 31.4 Å². The van der Waals surface area contributed by atoms with Gasteiger partial charge in [0.05, 0.1) is 13.0 Å². The van der Waals surface area contributed by atoms with Gasteiger partial charge in [-0.2, -0.15) is 0 Å². The summed E-state index contributed by atoms with van der Waals surface area (Å²) < 4.78 is 5.55. The van der Waals surface area contributed by atoms with Crippen LogP contribution in [0.25, 0.3) is 0 Å². The number of carbonyl (C=O) groups excluding carboxylic acids is 1. The molecule has 0 aromatic heterocycles.